The second-order valence-corrected chi connectivity index (χ2v) is 6.18. The molecule has 0 heterocycles. The lowest BCUT2D eigenvalue weighted by atomic mass is 10.0. The van der Waals surface area contributed by atoms with Gasteiger partial charge < -0.3 is 0 Å². The number of benzene rings is 1. The Kier molecular flexibility index (Phi) is 3.09. The quantitative estimate of drug-likeness (QED) is 0.664. The fourth-order valence-corrected chi connectivity index (χ4v) is 4.10. The Morgan fingerprint density at radius 1 is 1.11 bits per heavy atom. The molecule has 0 N–H and O–H groups in total. The Bertz CT molecular complexity index is 460. The van der Waals surface area contributed by atoms with Crippen molar-refractivity contribution in [2.24, 2.45) is 17.8 Å². The van der Waals surface area contributed by atoms with E-state index in [1.165, 1.54) is 37.8 Å². The molecule has 0 spiro atoms. The first-order chi connectivity index (χ1) is 8.59. The molecule has 3 unspecified atom stereocenters. The third-order valence-corrected chi connectivity index (χ3v) is 5.16. The summed E-state index contributed by atoms with van der Waals surface area (Å²) in [5.74, 6) is 0.916. The minimum atomic E-state index is -0.367. The zero-order valence-corrected chi connectivity index (χ0v) is 11.2. The van der Waals surface area contributed by atoms with Crippen molar-refractivity contribution in [1.82, 2.24) is 0 Å². The van der Waals surface area contributed by atoms with E-state index in [2.05, 4.69) is 0 Å². The molecule has 0 aliphatic heterocycles. The normalized spacial score (nSPS) is 31.9. The molecule has 2 aliphatic carbocycles. The highest BCUT2D eigenvalue weighted by atomic mass is 35.5. The molecule has 0 nitrogen and oxygen atoms in total. The predicted molar refractivity (Wildman–Crippen MR) is 68.6 cm³/mol. The van der Waals surface area contributed by atoms with Gasteiger partial charge in [-0.25, -0.2) is 8.78 Å². The lowest BCUT2D eigenvalue weighted by Crippen LogP contribution is -2.01. The standard InChI is InChI=1S/C15H17ClF2/c1-8-6-13(18)11(7-12(8)17)15(16)14-9-4-2-3-5-10(9)14/h6-7,9-10,14-15H,2-5H2,1H3. The number of halogens is 3. The molecule has 18 heavy (non-hydrogen) atoms. The van der Waals surface area contributed by atoms with Gasteiger partial charge in [-0.05, 0) is 55.2 Å². The van der Waals surface area contributed by atoms with Gasteiger partial charge in [-0.1, -0.05) is 12.8 Å². The first-order valence-corrected chi connectivity index (χ1v) is 7.13. The van der Waals surface area contributed by atoms with Gasteiger partial charge in [0.15, 0.2) is 0 Å². The van der Waals surface area contributed by atoms with Gasteiger partial charge in [0.2, 0.25) is 0 Å². The van der Waals surface area contributed by atoms with Gasteiger partial charge in [0.1, 0.15) is 11.6 Å². The van der Waals surface area contributed by atoms with Crippen molar-refractivity contribution in [3.8, 4) is 0 Å². The summed E-state index contributed by atoms with van der Waals surface area (Å²) < 4.78 is 27.4. The molecule has 3 atom stereocenters. The monoisotopic (exact) mass is 270 g/mol. The molecule has 1 aromatic rings. The van der Waals surface area contributed by atoms with Crippen molar-refractivity contribution in [3.63, 3.8) is 0 Å². The van der Waals surface area contributed by atoms with E-state index in [1.807, 2.05) is 0 Å². The molecule has 2 aliphatic rings. The summed E-state index contributed by atoms with van der Waals surface area (Å²) >= 11 is 6.40. The molecule has 0 aromatic heterocycles. The Morgan fingerprint density at radius 3 is 2.33 bits per heavy atom. The van der Waals surface area contributed by atoms with Crippen LogP contribution in [0.25, 0.3) is 0 Å². The van der Waals surface area contributed by atoms with Crippen LogP contribution in [0.1, 0.15) is 42.2 Å². The van der Waals surface area contributed by atoms with Crippen LogP contribution >= 0.6 is 11.6 Å². The molecule has 0 radical (unpaired) electrons. The summed E-state index contributed by atoms with van der Waals surface area (Å²) in [4.78, 5) is 0. The first-order valence-electron chi connectivity index (χ1n) is 6.69. The van der Waals surface area contributed by atoms with E-state index in [-0.39, 0.29) is 17.0 Å². The van der Waals surface area contributed by atoms with Crippen LogP contribution in [0.4, 0.5) is 8.78 Å². The van der Waals surface area contributed by atoms with E-state index in [0.29, 0.717) is 28.9 Å². The minimum Gasteiger partial charge on any atom is -0.207 e. The fourth-order valence-electron chi connectivity index (χ4n) is 3.56. The van der Waals surface area contributed by atoms with Crippen molar-refractivity contribution in [3.05, 3.63) is 34.9 Å². The molecule has 2 fully saturated rings. The van der Waals surface area contributed by atoms with E-state index in [1.54, 1.807) is 6.92 Å². The lowest BCUT2D eigenvalue weighted by Gasteiger charge is -2.12. The van der Waals surface area contributed by atoms with Crippen LogP contribution in [0.5, 0.6) is 0 Å². The summed E-state index contributed by atoms with van der Waals surface area (Å²) in [6, 6.07) is 2.54. The highest BCUT2D eigenvalue weighted by molar-refractivity contribution is 6.21. The maximum absolute atomic E-state index is 13.9. The van der Waals surface area contributed by atoms with Crippen LogP contribution in [0.3, 0.4) is 0 Å². The van der Waals surface area contributed by atoms with Crippen LogP contribution < -0.4 is 0 Å². The number of hydrogen-bond acceptors (Lipinski definition) is 0. The molecule has 0 amide bonds. The fraction of sp³-hybridized carbons (Fsp3) is 0.600. The van der Waals surface area contributed by atoms with E-state index >= 15 is 0 Å². The van der Waals surface area contributed by atoms with Gasteiger partial charge in [0.25, 0.3) is 0 Å². The van der Waals surface area contributed by atoms with E-state index < -0.39 is 0 Å². The average molecular weight is 271 g/mol. The number of rotatable bonds is 2. The molecule has 1 aromatic carbocycles. The van der Waals surface area contributed by atoms with E-state index in [4.69, 9.17) is 11.6 Å². The summed E-state index contributed by atoms with van der Waals surface area (Å²) in [5, 5.41) is -0.367. The van der Waals surface area contributed by atoms with E-state index in [0.717, 1.165) is 0 Å². The zero-order valence-electron chi connectivity index (χ0n) is 10.4. The van der Waals surface area contributed by atoms with Crippen molar-refractivity contribution in [2.45, 2.75) is 38.0 Å². The van der Waals surface area contributed by atoms with Crippen molar-refractivity contribution in [2.75, 3.05) is 0 Å². The topological polar surface area (TPSA) is 0 Å². The Hall–Kier alpha value is -0.630. The van der Waals surface area contributed by atoms with Crippen LogP contribution in [-0.2, 0) is 0 Å². The predicted octanol–water partition coefficient (Wildman–Crippen LogP) is 4.99. The van der Waals surface area contributed by atoms with Gasteiger partial charge in [-0.2, -0.15) is 0 Å². The summed E-state index contributed by atoms with van der Waals surface area (Å²) in [6.45, 7) is 1.57. The summed E-state index contributed by atoms with van der Waals surface area (Å²) in [6.07, 6.45) is 4.92. The van der Waals surface area contributed by atoms with Crippen LogP contribution in [0, 0.1) is 36.3 Å². The zero-order chi connectivity index (χ0) is 12.9. The number of aryl methyl sites for hydroxylation is 1. The van der Waals surface area contributed by atoms with Gasteiger partial charge in [-0.15, -0.1) is 11.6 Å². The van der Waals surface area contributed by atoms with Gasteiger partial charge in [-0.3, -0.25) is 0 Å². The SMILES string of the molecule is Cc1cc(F)c(C(Cl)C2C3CCCCC32)cc1F. The summed E-state index contributed by atoms with van der Waals surface area (Å²) in [5.41, 5.74) is 0.687. The molecule has 0 bridgehead atoms. The lowest BCUT2D eigenvalue weighted by molar-refractivity contribution is 0.480. The van der Waals surface area contributed by atoms with Gasteiger partial charge in [0, 0.05) is 5.56 Å². The molecule has 0 saturated heterocycles. The highest BCUT2D eigenvalue weighted by Crippen LogP contribution is 2.62. The Balaban J connectivity index is 1.85. The number of alkyl halides is 1. The highest BCUT2D eigenvalue weighted by Gasteiger charge is 2.54. The van der Waals surface area contributed by atoms with Crippen molar-refractivity contribution < 1.29 is 8.78 Å². The largest absolute Gasteiger partial charge is 0.207 e. The smallest absolute Gasteiger partial charge is 0.128 e. The number of fused-ring (bicyclic) bond motifs is 1. The molecule has 98 valence electrons. The molecule has 2 saturated carbocycles. The van der Waals surface area contributed by atoms with E-state index in [9.17, 15) is 8.78 Å². The number of hydrogen-bond donors (Lipinski definition) is 0. The molecular weight excluding hydrogens is 254 g/mol. The third-order valence-electron chi connectivity index (χ3n) is 4.64. The average Bonchev–Trinajstić information content (AvgIpc) is 3.07. The maximum atomic E-state index is 13.9. The minimum absolute atomic E-state index is 0.341. The van der Waals surface area contributed by atoms with Gasteiger partial charge >= 0.3 is 0 Å². The second kappa shape index (κ2) is 4.48. The summed E-state index contributed by atoms with van der Waals surface area (Å²) in [7, 11) is 0. The molecule has 3 heteroatoms. The molecule has 3 rings (SSSR count). The molecular formula is C15H17ClF2. The first kappa shape index (κ1) is 12.4. The third kappa shape index (κ3) is 1.95. The van der Waals surface area contributed by atoms with Crippen molar-refractivity contribution in [1.29, 1.82) is 0 Å². The van der Waals surface area contributed by atoms with Crippen LogP contribution in [0.2, 0.25) is 0 Å². The van der Waals surface area contributed by atoms with Crippen LogP contribution in [0.15, 0.2) is 12.1 Å². The van der Waals surface area contributed by atoms with Crippen LogP contribution in [-0.4, -0.2) is 0 Å². The maximum Gasteiger partial charge on any atom is 0.128 e. The van der Waals surface area contributed by atoms with Gasteiger partial charge in [0.05, 0.1) is 5.38 Å². The van der Waals surface area contributed by atoms with Crippen molar-refractivity contribution >= 4 is 11.6 Å². The Labute approximate surface area is 111 Å². The second-order valence-electron chi connectivity index (χ2n) is 5.71. The Morgan fingerprint density at radius 2 is 1.72 bits per heavy atom.